The number of hydrogen-bond acceptors (Lipinski definition) is 4. The van der Waals surface area contributed by atoms with E-state index in [1.54, 1.807) is 0 Å². The number of ether oxygens (including phenoxy) is 2. The summed E-state index contributed by atoms with van der Waals surface area (Å²) in [6.45, 7) is 1.08. The summed E-state index contributed by atoms with van der Waals surface area (Å²) in [5, 5.41) is 8.26. The van der Waals surface area contributed by atoms with Crippen molar-refractivity contribution < 1.29 is 9.47 Å². The van der Waals surface area contributed by atoms with Crippen LogP contribution in [0.15, 0.2) is 0 Å². The Hall–Kier alpha value is -0.630. The van der Waals surface area contributed by atoms with Crippen molar-refractivity contribution in [1.29, 1.82) is 5.26 Å². The lowest BCUT2D eigenvalue weighted by Gasteiger charge is -2.26. The van der Waals surface area contributed by atoms with Crippen molar-refractivity contribution in [2.45, 2.75) is 25.2 Å². The van der Waals surface area contributed by atoms with E-state index in [0.717, 1.165) is 0 Å². The van der Waals surface area contributed by atoms with Gasteiger partial charge in [0.1, 0.15) is 0 Å². The van der Waals surface area contributed by atoms with Crippen LogP contribution < -0.4 is 5.73 Å². The Kier molecular flexibility index (Phi) is 3.30. The molecule has 1 aliphatic rings. The molecule has 0 bridgehead atoms. The van der Waals surface area contributed by atoms with E-state index in [0.29, 0.717) is 26.1 Å². The van der Waals surface area contributed by atoms with Crippen LogP contribution in [0, 0.1) is 11.3 Å². The Labute approximate surface area is 65.9 Å². The molecule has 1 aliphatic heterocycles. The third-order valence-corrected chi connectivity index (χ3v) is 1.48. The Morgan fingerprint density at radius 1 is 1.45 bits per heavy atom. The first kappa shape index (κ1) is 8.47. The fraction of sp³-hybridized carbons (Fsp3) is 0.857. The first-order valence-electron chi connectivity index (χ1n) is 3.68. The Balaban J connectivity index is 2.13. The van der Waals surface area contributed by atoms with Gasteiger partial charge in [0, 0.05) is 12.8 Å². The van der Waals surface area contributed by atoms with Crippen LogP contribution in [0.1, 0.15) is 12.8 Å². The average Bonchev–Trinajstić information content (AvgIpc) is 2.04. The third kappa shape index (κ3) is 2.85. The average molecular weight is 156 g/mol. The summed E-state index contributed by atoms with van der Waals surface area (Å²) in [6.07, 6.45) is 0.901. The number of hydrogen-bond donors (Lipinski definition) is 1. The second kappa shape index (κ2) is 4.29. The Morgan fingerprint density at radius 3 is 2.64 bits per heavy atom. The molecular weight excluding hydrogens is 144 g/mol. The molecule has 0 aromatic carbocycles. The van der Waals surface area contributed by atoms with E-state index in [9.17, 15) is 0 Å². The maximum atomic E-state index is 8.26. The lowest BCUT2D eigenvalue weighted by molar-refractivity contribution is -0.187. The minimum atomic E-state index is -0.213. The normalized spacial score (nSPS) is 31.3. The molecule has 62 valence electrons. The van der Waals surface area contributed by atoms with Crippen molar-refractivity contribution in [3.05, 3.63) is 0 Å². The molecule has 0 radical (unpaired) electrons. The highest BCUT2D eigenvalue weighted by Gasteiger charge is 2.18. The molecule has 0 saturated carbocycles. The lowest BCUT2D eigenvalue weighted by atomic mass is 10.3. The van der Waals surface area contributed by atoms with Gasteiger partial charge in [-0.1, -0.05) is 0 Å². The molecule has 4 heteroatoms. The van der Waals surface area contributed by atoms with Gasteiger partial charge in [0.05, 0.1) is 25.3 Å². The zero-order chi connectivity index (χ0) is 8.10. The molecule has 0 aromatic heterocycles. The molecule has 0 spiro atoms. The molecule has 0 unspecified atom stereocenters. The van der Waals surface area contributed by atoms with Gasteiger partial charge in [-0.25, -0.2) is 0 Å². The standard InChI is InChI=1S/C7H12N2O2/c8-3-1-2-7-10-4-6(9)5-11-7/h6-7H,1-2,4-5,9H2. The fourth-order valence-corrected chi connectivity index (χ4v) is 0.907. The van der Waals surface area contributed by atoms with E-state index in [1.165, 1.54) is 0 Å². The van der Waals surface area contributed by atoms with Crippen LogP contribution in [0.5, 0.6) is 0 Å². The summed E-state index contributed by atoms with van der Waals surface area (Å²) in [7, 11) is 0. The molecule has 0 atom stereocenters. The monoisotopic (exact) mass is 156 g/mol. The Bertz CT molecular complexity index is 147. The molecule has 1 rings (SSSR count). The molecule has 1 saturated heterocycles. The van der Waals surface area contributed by atoms with Crippen molar-refractivity contribution >= 4 is 0 Å². The highest BCUT2D eigenvalue weighted by Crippen LogP contribution is 2.09. The Morgan fingerprint density at radius 2 is 2.09 bits per heavy atom. The molecule has 0 aromatic rings. The smallest absolute Gasteiger partial charge is 0.158 e. The SMILES string of the molecule is N#CCCC1OCC(N)CO1. The van der Waals surface area contributed by atoms with Crippen molar-refractivity contribution in [2.75, 3.05) is 13.2 Å². The van der Waals surface area contributed by atoms with E-state index in [-0.39, 0.29) is 12.3 Å². The molecule has 4 nitrogen and oxygen atoms in total. The van der Waals surface area contributed by atoms with E-state index in [1.807, 2.05) is 6.07 Å². The van der Waals surface area contributed by atoms with Crippen molar-refractivity contribution in [3.8, 4) is 6.07 Å². The van der Waals surface area contributed by atoms with Gasteiger partial charge < -0.3 is 15.2 Å². The van der Waals surface area contributed by atoms with Crippen LogP contribution in [0.25, 0.3) is 0 Å². The molecule has 1 fully saturated rings. The topological polar surface area (TPSA) is 68.3 Å². The number of nitrogens with two attached hydrogens (primary N) is 1. The van der Waals surface area contributed by atoms with Gasteiger partial charge in [0.2, 0.25) is 0 Å². The minimum absolute atomic E-state index is 0.00617. The highest BCUT2D eigenvalue weighted by molar-refractivity contribution is 4.72. The number of rotatable bonds is 2. The lowest BCUT2D eigenvalue weighted by Crippen LogP contribution is -2.40. The number of nitriles is 1. The van der Waals surface area contributed by atoms with Crippen LogP contribution >= 0.6 is 0 Å². The van der Waals surface area contributed by atoms with E-state index in [2.05, 4.69) is 0 Å². The van der Waals surface area contributed by atoms with E-state index >= 15 is 0 Å². The first-order chi connectivity index (χ1) is 5.33. The predicted octanol–water partition coefficient (Wildman–Crippen LogP) is -0.00962. The van der Waals surface area contributed by atoms with Gasteiger partial charge in [-0.05, 0) is 0 Å². The van der Waals surface area contributed by atoms with Crippen LogP contribution in [0.3, 0.4) is 0 Å². The van der Waals surface area contributed by atoms with Crippen LogP contribution in [-0.2, 0) is 9.47 Å². The van der Waals surface area contributed by atoms with Crippen LogP contribution in [0.4, 0.5) is 0 Å². The number of nitrogens with zero attached hydrogens (tertiary/aromatic N) is 1. The largest absolute Gasteiger partial charge is 0.351 e. The van der Waals surface area contributed by atoms with Crippen molar-refractivity contribution in [2.24, 2.45) is 5.73 Å². The van der Waals surface area contributed by atoms with Crippen molar-refractivity contribution in [3.63, 3.8) is 0 Å². The van der Waals surface area contributed by atoms with E-state index in [4.69, 9.17) is 20.5 Å². The minimum Gasteiger partial charge on any atom is -0.351 e. The van der Waals surface area contributed by atoms with Crippen LogP contribution in [0.2, 0.25) is 0 Å². The maximum absolute atomic E-state index is 8.26. The molecule has 0 amide bonds. The zero-order valence-corrected chi connectivity index (χ0v) is 6.32. The van der Waals surface area contributed by atoms with Crippen LogP contribution in [-0.4, -0.2) is 25.5 Å². The second-order valence-corrected chi connectivity index (χ2v) is 2.55. The third-order valence-electron chi connectivity index (χ3n) is 1.48. The predicted molar refractivity (Wildman–Crippen MR) is 38.5 cm³/mol. The second-order valence-electron chi connectivity index (χ2n) is 2.55. The summed E-state index contributed by atoms with van der Waals surface area (Å²) < 4.78 is 10.4. The maximum Gasteiger partial charge on any atom is 0.158 e. The van der Waals surface area contributed by atoms with Gasteiger partial charge in [-0.3, -0.25) is 0 Å². The van der Waals surface area contributed by atoms with E-state index < -0.39 is 0 Å². The summed E-state index contributed by atoms with van der Waals surface area (Å²) in [4.78, 5) is 0. The molecule has 11 heavy (non-hydrogen) atoms. The van der Waals surface area contributed by atoms with Gasteiger partial charge in [-0.15, -0.1) is 0 Å². The summed E-state index contributed by atoms with van der Waals surface area (Å²) in [5.41, 5.74) is 5.51. The highest BCUT2D eigenvalue weighted by atomic mass is 16.7. The van der Waals surface area contributed by atoms with Gasteiger partial charge in [0.25, 0.3) is 0 Å². The van der Waals surface area contributed by atoms with Gasteiger partial charge >= 0.3 is 0 Å². The molecular formula is C7H12N2O2. The van der Waals surface area contributed by atoms with Crippen molar-refractivity contribution in [1.82, 2.24) is 0 Å². The fourth-order valence-electron chi connectivity index (χ4n) is 0.907. The molecule has 1 heterocycles. The molecule has 0 aliphatic carbocycles. The summed E-state index contributed by atoms with van der Waals surface area (Å²) in [5.74, 6) is 0. The van der Waals surface area contributed by atoms with Gasteiger partial charge in [-0.2, -0.15) is 5.26 Å². The first-order valence-corrected chi connectivity index (χ1v) is 3.68. The van der Waals surface area contributed by atoms with Gasteiger partial charge in [0.15, 0.2) is 6.29 Å². The molecule has 2 N–H and O–H groups in total. The zero-order valence-electron chi connectivity index (χ0n) is 6.32. The summed E-state index contributed by atoms with van der Waals surface area (Å²) in [6, 6.07) is 2.03. The summed E-state index contributed by atoms with van der Waals surface area (Å²) >= 11 is 0. The quantitative estimate of drug-likeness (QED) is 0.610.